The largest absolute Gasteiger partial charge is 0.474 e. The number of rotatable bonds is 3. The van der Waals surface area contributed by atoms with E-state index in [4.69, 9.17) is 10.5 Å². The van der Waals surface area contributed by atoms with Crippen molar-refractivity contribution < 1.29 is 9.26 Å². The summed E-state index contributed by atoms with van der Waals surface area (Å²) in [7, 11) is 0. The Kier molecular flexibility index (Phi) is 4.70. The average Bonchev–Trinajstić information content (AvgIpc) is 2.34. The van der Waals surface area contributed by atoms with E-state index >= 15 is 0 Å². The van der Waals surface area contributed by atoms with Crippen molar-refractivity contribution in [3.05, 3.63) is 12.3 Å². The molecule has 0 aromatic carbocycles. The summed E-state index contributed by atoms with van der Waals surface area (Å²) >= 11 is 0. The Hall–Kier alpha value is -0.740. The van der Waals surface area contributed by atoms with Crippen LogP contribution in [0.4, 0.5) is 0 Å². The van der Waals surface area contributed by atoms with E-state index in [1.54, 1.807) is 6.07 Å². The maximum Gasteiger partial charge on any atom is 0.254 e. The van der Waals surface area contributed by atoms with Gasteiger partial charge in [-0.05, 0) is 5.16 Å². The normalized spacial score (nSPS) is 8.50. The lowest BCUT2D eigenvalue weighted by Gasteiger charge is -1.95. The molecule has 0 spiro atoms. The molecule has 1 rings (SSSR count). The van der Waals surface area contributed by atoms with Gasteiger partial charge in [0.1, 0.15) is 12.9 Å². The van der Waals surface area contributed by atoms with Crippen LogP contribution in [0.5, 0.6) is 5.88 Å². The monoisotopic (exact) mass is 164 g/mol. The summed E-state index contributed by atoms with van der Waals surface area (Å²) in [6.45, 7) is 0.972. The lowest BCUT2D eigenvalue weighted by Crippen LogP contribution is -2.10. The van der Waals surface area contributed by atoms with E-state index in [1.807, 2.05) is 0 Å². The molecule has 0 bridgehead atoms. The molecule has 0 aliphatic carbocycles. The second kappa shape index (κ2) is 5.08. The molecular formula is C5H9ClN2O2. The first-order valence-electron chi connectivity index (χ1n) is 2.66. The Bertz CT molecular complexity index is 155. The summed E-state index contributed by atoms with van der Waals surface area (Å²) in [6, 6.07) is 1.63. The van der Waals surface area contributed by atoms with Gasteiger partial charge >= 0.3 is 0 Å². The Morgan fingerprint density at radius 3 is 3.00 bits per heavy atom. The molecule has 10 heavy (non-hydrogen) atoms. The molecule has 0 fully saturated rings. The number of nitrogens with zero attached hydrogens (tertiary/aromatic N) is 1. The number of ether oxygens (including phenoxy) is 1. The van der Waals surface area contributed by atoms with Crippen LogP contribution in [0.3, 0.4) is 0 Å². The van der Waals surface area contributed by atoms with Crippen molar-refractivity contribution in [2.24, 2.45) is 5.73 Å². The minimum absolute atomic E-state index is 0. The summed E-state index contributed by atoms with van der Waals surface area (Å²) in [6.07, 6.45) is 1.45. The summed E-state index contributed by atoms with van der Waals surface area (Å²) < 4.78 is 9.46. The Morgan fingerprint density at radius 1 is 1.70 bits per heavy atom. The molecule has 0 unspecified atom stereocenters. The molecule has 0 atom stereocenters. The topological polar surface area (TPSA) is 61.3 Å². The lowest BCUT2D eigenvalue weighted by molar-refractivity contribution is 0.287. The van der Waals surface area contributed by atoms with Crippen molar-refractivity contribution in [2.75, 3.05) is 13.2 Å². The zero-order valence-electron chi connectivity index (χ0n) is 5.32. The second-order valence-corrected chi connectivity index (χ2v) is 1.47. The minimum Gasteiger partial charge on any atom is -0.474 e. The molecule has 0 aliphatic rings. The van der Waals surface area contributed by atoms with Gasteiger partial charge in [0.25, 0.3) is 5.88 Å². The molecule has 0 saturated heterocycles. The summed E-state index contributed by atoms with van der Waals surface area (Å²) in [5, 5.41) is 3.50. The van der Waals surface area contributed by atoms with Crippen LogP contribution in [0, 0.1) is 0 Å². The van der Waals surface area contributed by atoms with Crippen molar-refractivity contribution in [1.29, 1.82) is 0 Å². The summed E-state index contributed by atoms with van der Waals surface area (Å²) in [5.74, 6) is 0.487. The molecule has 4 nitrogen and oxygen atoms in total. The molecule has 58 valence electrons. The van der Waals surface area contributed by atoms with Gasteiger partial charge < -0.3 is 15.0 Å². The van der Waals surface area contributed by atoms with Crippen LogP contribution in [0.1, 0.15) is 0 Å². The second-order valence-electron chi connectivity index (χ2n) is 1.47. The van der Waals surface area contributed by atoms with Gasteiger partial charge in [0, 0.05) is 12.6 Å². The first kappa shape index (κ1) is 9.26. The first-order valence-corrected chi connectivity index (χ1v) is 2.66. The van der Waals surface area contributed by atoms with E-state index in [2.05, 4.69) is 9.68 Å². The van der Waals surface area contributed by atoms with Gasteiger partial charge in [-0.1, -0.05) is 0 Å². The van der Waals surface area contributed by atoms with Crippen molar-refractivity contribution in [3.63, 3.8) is 0 Å². The van der Waals surface area contributed by atoms with E-state index in [0.29, 0.717) is 19.0 Å². The highest BCUT2D eigenvalue weighted by atomic mass is 35.5. The number of hydrogen-bond donors (Lipinski definition) is 1. The number of halogens is 1. The fraction of sp³-hybridized carbons (Fsp3) is 0.400. The van der Waals surface area contributed by atoms with E-state index in [-0.39, 0.29) is 12.4 Å². The summed E-state index contributed by atoms with van der Waals surface area (Å²) in [4.78, 5) is 0. The van der Waals surface area contributed by atoms with Gasteiger partial charge in [-0.15, -0.1) is 12.4 Å². The van der Waals surface area contributed by atoms with Crippen molar-refractivity contribution in [2.45, 2.75) is 0 Å². The minimum atomic E-state index is 0. The fourth-order valence-electron chi connectivity index (χ4n) is 0.439. The van der Waals surface area contributed by atoms with E-state index in [0.717, 1.165) is 0 Å². The first-order chi connectivity index (χ1) is 4.43. The predicted molar refractivity (Wildman–Crippen MR) is 38.3 cm³/mol. The third-order valence-electron chi connectivity index (χ3n) is 0.782. The SMILES string of the molecule is Cl.NCCOc1ccon1. The molecule has 2 N–H and O–H groups in total. The average molecular weight is 165 g/mol. The molecule has 1 aromatic rings. The van der Waals surface area contributed by atoms with Gasteiger partial charge in [0.2, 0.25) is 0 Å². The zero-order valence-corrected chi connectivity index (χ0v) is 6.13. The van der Waals surface area contributed by atoms with Crippen LogP contribution in [0.25, 0.3) is 0 Å². The molecule has 0 saturated carbocycles. The molecular weight excluding hydrogens is 156 g/mol. The molecule has 0 aliphatic heterocycles. The lowest BCUT2D eigenvalue weighted by atomic mass is 10.7. The van der Waals surface area contributed by atoms with E-state index in [9.17, 15) is 0 Å². The number of nitrogens with two attached hydrogens (primary N) is 1. The third-order valence-corrected chi connectivity index (χ3v) is 0.782. The molecule has 1 aromatic heterocycles. The maximum absolute atomic E-state index is 5.16. The molecule has 0 amide bonds. The molecule has 0 radical (unpaired) electrons. The fourth-order valence-corrected chi connectivity index (χ4v) is 0.439. The quantitative estimate of drug-likeness (QED) is 0.704. The van der Waals surface area contributed by atoms with E-state index in [1.165, 1.54) is 6.26 Å². The van der Waals surface area contributed by atoms with E-state index < -0.39 is 0 Å². The van der Waals surface area contributed by atoms with Crippen LogP contribution in [-0.2, 0) is 0 Å². The smallest absolute Gasteiger partial charge is 0.254 e. The number of hydrogen-bond acceptors (Lipinski definition) is 4. The Balaban J connectivity index is 0.000000810. The van der Waals surface area contributed by atoms with Gasteiger partial charge in [-0.3, -0.25) is 0 Å². The zero-order chi connectivity index (χ0) is 6.53. The van der Waals surface area contributed by atoms with Crippen molar-refractivity contribution >= 4 is 12.4 Å². The standard InChI is InChI=1S/C5H8N2O2.ClH/c6-2-4-8-5-1-3-9-7-5;/h1,3H,2,4,6H2;1H. The van der Waals surface area contributed by atoms with Gasteiger partial charge in [0.15, 0.2) is 0 Å². The van der Waals surface area contributed by atoms with Crippen LogP contribution in [0.15, 0.2) is 16.9 Å². The van der Waals surface area contributed by atoms with Gasteiger partial charge in [-0.25, -0.2) is 0 Å². The summed E-state index contributed by atoms with van der Waals surface area (Å²) in [5.41, 5.74) is 5.16. The highest BCUT2D eigenvalue weighted by Crippen LogP contribution is 2.02. The Labute approximate surface area is 64.7 Å². The van der Waals surface area contributed by atoms with Gasteiger partial charge in [0.05, 0.1) is 0 Å². The Morgan fingerprint density at radius 2 is 2.50 bits per heavy atom. The van der Waals surface area contributed by atoms with Crippen LogP contribution in [-0.4, -0.2) is 18.3 Å². The molecule has 5 heteroatoms. The highest BCUT2D eigenvalue weighted by Gasteiger charge is 1.92. The third kappa shape index (κ3) is 2.70. The predicted octanol–water partition coefficient (Wildman–Crippen LogP) is 0.434. The van der Waals surface area contributed by atoms with Crippen molar-refractivity contribution in [3.8, 4) is 5.88 Å². The number of aromatic nitrogens is 1. The van der Waals surface area contributed by atoms with Crippen LogP contribution >= 0.6 is 12.4 Å². The van der Waals surface area contributed by atoms with Gasteiger partial charge in [-0.2, -0.15) is 0 Å². The molecule has 1 heterocycles. The maximum atomic E-state index is 5.16. The highest BCUT2D eigenvalue weighted by molar-refractivity contribution is 5.85. The van der Waals surface area contributed by atoms with Crippen LogP contribution < -0.4 is 10.5 Å². The van der Waals surface area contributed by atoms with Crippen molar-refractivity contribution in [1.82, 2.24) is 5.16 Å². The van der Waals surface area contributed by atoms with Crippen LogP contribution in [0.2, 0.25) is 0 Å².